The van der Waals surface area contributed by atoms with Gasteiger partial charge in [0.15, 0.2) is 0 Å². The van der Waals surface area contributed by atoms with Crippen molar-refractivity contribution in [1.82, 2.24) is 0 Å². The third kappa shape index (κ3) is 5.03. The lowest BCUT2D eigenvalue weighted by Crippen LogP contribution is -2.39. The monoisotopic (exact) mass is 424 g/mol. The summed E-state index contributed by atoms with van der Waals surface area (Å²) in [6.07, 6.45) is 0.671. The van der Waals surface area contributed by atoms with E-state index in [1.807, 2.05) is 48.5 Å². The van der Waals surface area contributed by atoms with Crippen molar-refractivity contribution in [2.24, 2.45) is 5.41 Å². The minimum atomic E-state index is -1.30. The number of fused-ring (bicyclic) bond motifs is 2. The molecule has 31 heavy (non-hydrogen) atoms. The summed E-state index contributed by atoms with van der Waals surface area (Å²) >= 11 is 0. The second-order valence-electron chi connectivity index (χ2n) is 7.65. The van der Waals surface area contributed by atoms with Gasteiger partial charge >= 0.3 is 11.9 Å². The van der Waals surface area contributed by atoms with Gasteiger partial charge in [0.05, 0.1) is 19.8 Å². The maximum absolute atomic E-state index is 12.3. The number of ether oxygens (including phenoxy) is 2. The molecule has 3 rings (SSSR count). The Bertz CT molecular complexity index is 992. The number of esters is 2. The quantitative estimate of drug-likeness (QED) is 0.293. The van der Waals surface area contributed by atoms with E-state index in [-0.39, 0.29) is 32.0 Å². The minimum absolute atomic E-state index is 0.0207. The van der Waals surface area contributed by atoms with Crippen LogP contribution >= 0.6 is 0 Å². The maximum Gasteiger partial charge on any atom is 0.316 e. The van der Waals surface area contributed by atoms with Crippen LogP contribution in [-0.2, 0) is 25.7 Å². The van der Waals surface area contributed by atoms with E-state index in [0.717, 1.165) is 27.1 Å². The first-order valence-electron chi connectivity index (χ1n) is 10.5. The summed E-state index contributed by atoms with van der Waals surface area (Å²) in [7, 11) is 0. The van der Waals surface area contributed by atoms with Crippen LogP contribution in [0.1, 0.15) is 31.7 Å². The van der Waals surface area contributed by atoms with Gasteiger partial charge < -0.3 is 19.7 Å². The lowest BCUT2D eigenvalue weighted by Gasteiger charge is -2.25. The van der Waals surface area contributed by atoms with Crippen molar-refractivity contribution in [3.63, 3.8) is 0 Å². The van der Waals surface area contributed by atoms with E-state index in [2.05, 4.69) is 6.07 Å². The Morgan fingerprint density at radius 3 is 2.03 bits per heavy atom. The Hall–Kier alpha value is -2.96. The third-order valence-corrected chi connectivity index (χ3v) is 5.73. The van der Waals surface area contributed by atoms with Gasteiger partial charge in [0.25, 0.3) is 0 Å². The molecule has 3 aromatic carbocycles. The Morgan fingerprint density at radius 1 is 0.903 bits per heavy atom. The number of aliphatic hydroxyl groups excluding tert-OH is 2. The topological polar surface area (TPSA) is 93.1 Å². The molecule has 164 valence electrons. The summed E-state index contributed by atoms with van der Waals surface area (Å²) in [5.74, 6) is -1.03. The molecule has 6 nitrogen and oxygen atoms in total. The lowest BCUT2D eigenvalue weighted by atomic mass is 9.87. The molecule has 6 heteroatoms. The first kappa shape index (κ1) is 22.7. The molecule has 0 saturated heterocycles. The van der Waals surface area contributed by atoms with Gasteiger partial charge in [0, 0.05) is 12.0 Å². The SMILES string of the molecule is CCC(CO)(CO)C(=O)OCCCC(=O)OCc1c2ccccc2cc2ccccc12. The Morgan fingerprint density at radius 2 is 1.48 bits per heavy atom. The molecule has 0 bridgehead atoms. The molecule has 0 aromatic heterocycles. The van der Waals surface area contributed by atoms with E-state index in [4.69, 9.17) is 9.47 Å². The highest BCUT2D eigenvalue weighted by molar-refractivity contribution is 6.02. The van der Waals surface area contributed by atoms with Crippen molar-refractivity contribution in [3.05, 3.63) is 60.2 Å². The van der Waals surface area contributed by atoms with E-state index >= 15 is 0 Å². The first-order valence-corrected chi connectivity index (χ1v) is 10.5. The maximum atomic E-state index is 12.3. The van der Waals surface area contributed by atoms with Crippen molar-refractivity contribution < 1.29 is 29.3 Å². The second-order valence-corrected chi connectivity index (χ2v) is 7.65. The minimum Gasteiger partial charge on any atom is -0.465 e. The standard InChI is InChI=1S/C25H28O6/c1-2-25(16-26,17-27)24(29)30-13-7-12-23(28)31-15-22-20-10-5-3-8-18(20)14-19-9-4-6-11-21(19)22/h3-6,8-11,14,26-27H,2,7,12-13,15-17H2,1H3. The Labute approximate surface area is 181 Å². The smallest absolute Gasteiger partial charge is 0.316 e. The molecule has 0 aliphatic heterocycles. The van der Waals surface area contributed by atoms with Crippen molar-refractivity contribution in [2.75, 3.05) is 19.8 Å². The molecule has 0 aliphatic rings. The molecule has 0 heterocycles. The molecule has 0 fully saturated rings. The number of carbonyl (C=O) groups is 2. The van der Waals surface area contributed by atoms with Gasteiger partial charge in [-0.2, -0.15) is 0 Å². The molecular weight excluding hydrogens is 396 g/mol. The molecule has 0 atom stereocenters. The van der Waals surface area contributed by atoms with Crippen LogP contribution < -0.4 is 0 Å². The zero-order chi connectivity index (χ0) is 22.3. The average Bonchev–Trinajstić information content (AvgIpc) is 2.81. The molecule has 2 N–H and O–H groups in total. The lowest BCUT2D eigenvalue weighted by molar-refractivity contribution is -0.163. The van der Waals surface area contributed by atoms with Crippen LogP contribution in [0.25, 0.3) is 21.5 Å². The van der Waals surface area contributed by atoms with Crippen LogP contribution in [0.4, 0.5) is 0 Å². The van der Waals surface area contributed by atoms with Gasteiger partial charge in [-0.05, 0) is 40.5 Å². The highest BCUT2D eigenvalue weighted by Gasteiger charge is 2.37. The zero-order valence-electron chi connectivity index (χ0n) is 17.7. The van der Waals surface area contributed by atoms with Crippen LogP contribution in [0.5, 0.6) is 0 Å². The van der Waals surface area contributed by atoms with Gasteiger partial charge in [-0.25, -0.2) is 0 Å². The summed E-state index contributed by atoms with van der Waals surface area (Å²) < 4.78 is 10.7. The third-order valence-electron chi connectivity index (χ3n) is 5.73. The number of aliphatic hydroxyl groups is 2. The molecule has 0 amide bonds. The van der Waals surface area contributed by atoms with Crippen molar-refractivity contribution in [1.29, 1.82) is 0 Å². The van der Waals surface area contributed by atoms with Gasteiger partial charge in [-0.1, -0.05) is 55.5 Å². The molecule has 0 radical (unpaired) electrons. The summed E-state index contributed by atoms with van der Waals surface area (Å²) in [6.45, 7) is 0.906. The summed E-state index contributed by atoms with van der Waals surface area (Å²) in [5, 5.41) is 23.0. The molecule has 0 unspecified atom stereocenters. The predicted octanol–water partition coefficient (Wildman–Crippen LogP) is 3.74. The molecular formula is C25H28O6. The highest BCUT2D eigenvalue weighted by atomic mass is 16.5. The number of rotatable bonds is 10. The van der Waals surface area contributed by atoms with Crippen molar-refractivity contribution in [3.8, 4) is 0 Å². The van der Waals surface area contributed by atoms with Gasteiger partial charge in [0.2, 0.25) is 0 Å². The van der Waals surface area contributed by atoms with E-state index < -0.39 is 24.6 Å². The van der Waals surface area contributed by atoms with E-state index in [9.17, 15) is 19.8 Å². The van der Waals surface area contributed by atoms with Crippen LogP contribution in [0, 0.1) is 5.41 Å². The fraction of sp³-hybridized carbons (Fsp3) is 0.360. The van der Waals surface area contributed by atoms with Gasteiger partial charge in [-0.15, -0.1) is 0 Å². The average molecular weight is 424 g/mol. The molecule has 0 spiro atoms. The largest absolute Gasteiger partial charge is 0.465 e. The number of carbonyl (C=O) groups excluding carboxylic acids is 2. The van der Waals surface area contributed by atoms with Crippen molar-refractivity contribution >= 4 is 33.5 Å². The number of hydrogen-bond donors (Lipinski definition) is 2. The Balaban J connectivity index is 1.58. The Kier molecular flexibility index (Phi) is 7.60. The second kappa shape index (κ2) is 10.4. The highest BCUT2D eigenvalue weighted by Crippen LogP contribution is 2.29. The predicted molar refractivity (Wildman–Crippen MR) is 118 cm³/mol. The number of benzene rings is 3. The first-order chi connectivity index (χ1) is 15.0. The fourth-order valence-corrected chi connectivity index (χ4v) is 3.57. The molecule has 0 aliphatic carbocycles. The van der Waals surface area contributed by atoms with E-state index in [1.165, 1.54) is 0 Å². The van der Waals surface area contributed by atoms with Crippen LogP contribution in [-0.4, -0.2) is 42.0 Å². The van der Waals surface area contributed by atoms with E-state index in [1.54, 1.807) is 6.92 Å². The fourth-order valence-electron chi connectivity index (χ4n) is 3.57. The number of hydrogen-bond acceptors (Lipinski definition) is 6. The van der Waals surface area contributed by atoms with Crippen LogP contribution in [0.15, 0.2) is 54.6 Å². The summed E-state index contributed by atoms with van der Waals surface area (Å²) in [5.41, 5.74) is -0.331. The van der Waals surface area contributed by atoms with Gasteiger partial charge in [-0.3, -0.25) is 9.59 Å². The van der Waals surface area contributed by atoms with E-state index in [0.29, 0.717) is 6.42 Å². The van der Waals surface area contributed by atoms with Crippen LogP contribution in [0.3, 0.4) is 0 Å². The van der Waals surface area contributed by atoms with Gasteiger partial charge in [0.1, 0.15) is 12.0 Å². The van der Waals surface area contributed by atoms with Crippen LogP contribution in [0.2, 0.25) is 0 Å². The molecule has 0 saturated carbocycles. The normalized spacial score (nSPS) is 11.6. The zero-order valence-corrected chi connectivity index (χ0v) is 17.7. The molecule has 3 aromatic rings. The summed E-state index contributed by atoms with van der Waals surface area (Å²) in [6, 6.07) is 18.1. The summed E-state index contributed by atoms with van der Waals surface area (Å²) in [4.78, 5) is 24.4. The van der Waals surface area contributed by atoms with Crippen molar-refractivity contribution in [2.45, 2.75) is 32.8 Å².